The molecule has 2 atom stereocenters. The molecule has 2 unspecified atom stereocenters. The molecule has 0 saturated carbocycles. The van der Waals surface area contributed by atoms with Crippen LogP contribution in [-0.2, 0) is 15.0 Å². The molecule has 2 fully saturated rings. The highest BCUT2D eigenvalue weighted by molar-refractivity contribution is 7.86. The van der Waals surface area contributed by atoms with Crippen LogP contribution in [0.5, 0.6) is 0 Å². The second-order valence-electron chi connectivity index (χ2n) is 5.99. The van der Waals surface area contributed by atoms with E-state index in [-0.39, 0.29) is 6.04 Å². The third kappa shape index (κ3) is 3.57. The number of hydrogen-bond donors (Lipinski definition) is 1. The molecule has 21 heavy (non-hydrogen) atoms. The van der Waals surface area contributed by atoms with Gasteiger partial charge in [-0.15, -0.1) is 0 Å². The fraction of sp³-hybridized carbons (Fsp3) is 0.929. The first-order chi connectivity index (χ1) is 9.98. The highest BCUT2D eigenvalue weighted by Gasteiger charge is 2.42. The number of carboxylic acids is 1. The molecule has 2 aliphatic heterocycles. The largest absolute Gasteiger partial charge is 0.480 e. The van der Waals surface area contributed by atoms with Crippen LogP contribution >= 0.6 is 0 Å². The summed E-state index contributed by atoms with van der Waals surface area (Å²) in [5, 5.41) is 9.32. The van der Waals surface area contributed by atoms with Crippen molar-refractivity contribution in [3.05, 3.63) is 0 Å². The number of aliphatic carboxylic acids is 1. The van der Waals surface area contributed by atoms with E-state index < -0.39 is 22.2 Å². The van der Waals surface area contributed by atoms with Crippen molar-refractivity contribution < 1.29 is 18.3 Å². The van der Waals surface area contributed by atoms with Gasteiger partial charge in [0.05, 0.1) is 0 Å². The fourth-order valence-electron chi connectivity index (χ4n) is 3.43. The van der Waals surface area contributed by atoms with Crippen molar-refractivity contribution in [3.63, 3.8) is 0 Å². The first-order valence-electron chi connectivity index (χ1n) is 8.00. The van der Waals surface area contributed by atoms with Crippen LogP contribution in [0.15, 0.2) is 0 Å². The molecule has 0 aliphatic carbocycles. The fourth-order valence-corrected chi connectivity index (χ4v) is 5.56. The van der Waals surface area contributed by atoms with Crippen LogP contribution in [-0.4, -0.2) is 53.3 Å². The summed E-state index contributed by atoms with van der Waals surface area (Å²) < 4.78 is 28.7. The van der Waals surface area contributed by atoms with E-state index in [0.717, 1.165) is 44.9 Å². The molecule has 2 rings (SSSR count). The van der Waals surface area contributed by atoms with E-state index in [1.807, 2.05) is 6.92 Å². The molecular weight excluding hydrogens is 292 g/mol. The molecule has 0 radical (unpaired) electrons. The Morgan fingerprint density at radius 1 is 1.05 bits per heavy atom. The minimum atomic E-state index is -3.68. The summed E-state index contributed by atoms with van der Waals surface area (Å²) in [4.78, 5) is 11.4. The molecule has 0 bridgehead atoms. The average Bonchev–Trinajstić information content (AvgIpc) is 2.72. The van der Waals surface area contributed by atoms with Crippen LogP contribution in [0.2, 0.25) is 0 Å². The molecular formula is C14H26N2O4S. The lowest BCUT2D eigenvalue weighted by molar-refractivity contribution is -0.142. The number of hydrogen-bond acceptors (Lipinski definition) is 3. The van der Waals surface area contributed by atoms with Gasteiger partial charge in [-0.3, -0.25) is 4.79 Å². The summed E-state index contributed by atoms with van der Waals surface area (Å²) in [5.41, 5.74) is 0. The molecule has 6 nitrogen and oxygen atoms in total. The molecule has 0 aromatic rings. The van der Waals surface area contributed by atoms with Crippen molar-refractivity contribution in [1.82, 2.24) is 8.61 Å². The second-order valence-corrected chi connectivity index (χ2v) is 7.82. The van der Waals surface area contributed by atoms with E-state index in [0.29, 0.717) is 19.5 Å². The molecule has 2 aliphatic rings. The monoisotopic (exact) mass is 318 g/mol. The van der Waals surface area contributed by atoms with Gasteiger partial charge >= 0.3 is 5.97 Å². The van der Waals surface area contributed by atoms with Gasteiger partial charge in [-0.25, -0.2) is 0 Å². The third-order valence-corrected chi connectivity index (χ3v) is 6.73. The lowest BCUT2D eigenvalue weighted by Gasteiger charge is -2.38. The zero-order chi connectivity index (χ0) is 15.5. The predicted octanol–water partition coefficient (Wildman–Crippen LogP) is 1.82. The van der Waals surface area contributed by atoms with Crippen molar-refractivity contribution >= 4 is 16.2 Å². The molecule has 2 heterocycles. The van der Waals surface area contributed by atoms with Crippen molar-refractivity contribution in [3.8, 4) is 0 Å². The van der Waals surface area contributed by atoms with Crippen molar-refractivity contribution in [2.75, 3.05) is 13.1 Å². The van der Waals surface area contributed by atoms with Crippen LogP contribution < -0.4 is 0 Å². The summed E-state index contributed by atoms with van der Waals surface area (Å²) in [6, 6.07) is -0.890. The lowest BCUT2D eigenvalue weighted by Crippen LogP contribution is -2.55. The molecule has 122 valence electrons. The van der Waals surface area contributed by atoms with Gasteiger partial charge in [0.15, 0.2) is 0 Å². The quantitative estimate of drug-likeness (QED) is 0.857. The van der Waals surface area contributed by atoms with Gasteiger partial charge in [-0.05, 0) is 38.5 Å². The van der Waals surface area contributed by atoms with Crippen molar-refractivity contribution in [2.24, 2.45) is 0 Å². The smallest absolute Gasteiger partial charge is 0.322 e. The molecule has 2 saturated heterocycles. The Hall–Kier alpha value is -0.660. The Morgan fingerprint density at radius 2 is 1.67 bits per heavy atom. The highest BCUT2D eigenvalue weighted by atomic mass is 32.2. The average molecular weight is 318 g/mol. The molecule has 7 heteroatoms. The molecule has 1 N–H and O–H groups in total. The number of nitrogens with zero attached hydrogens (tertiary/aromatic N) is 2. The highest BCUT2D eigenvalue weighted by Crippen LogP contribution is 2.28. The summed E-state index contributed by atoms with van der Waals surface area (Å²) in [6.45, 7) is 2.85. The van der Waals surface area contributed by atoms with Crippen molar-refractivity contribution in [2.45, 2.75) is 70.4 Å². The van der Waals surface area contributed by atoms with Crippen molar-refractivity contribution in [1.29, 1.82) is 0 Å². The molecule has 0 amide bonds. The first-order valence-corrected chi connectivity index (χ1v) is 9.39. The van der Waals surface area contributed by atoms with E-state index in [1.165, 1.54) is 4.31 Å². The zero-order valence-electron chi connectivity index (χ0n) is 12.7. The van der Waals surface area contributed by atoms with E-state index in [1.54, 1.807) is 4.31 Å². The van der Waals surface area contributed by atoms with E-state index >= 15 is 0 Å². The topological polar surface area (TPSA) is 77.9 Å². The Balaban J connectivity index is 2.27. The Bertz CT molecular complexity index is 466. The van der Waals surface area contributed by atoms with Gasteiger partial charge < -0.3 is 5.11 Å². The maximum absolute atomic E-state index is 13.0. The maximum Gasteiger partial charge on any atom is 0.322 e. The van der Waals surface area contributed by atoms with Crippen LogP contribution in [0, 0.1) is 0 Å². The third-order valence-electron chi connectivity index (χ3n) is 4.63. The Morgan fingerprint density at radius 3 is 2.33 bits per heavy atom. The minimum absolute atomic E-state index is 0.00821. The maximum atomic E-state index is 13.0. The summed E-state index contributed by atoms with van der Waals surface area (Å²) in [6.07, 6.45) is 6.55. The molecule has 0 aromatic carbocycles. The number of piperidine rings is 1. The van der Waals surface area contributed by atoms with E-state index in [4.69, 9.17) is 0 Å². The number of carbonyl (C=O) groups is 1. The lowest BCUT2D eigenvalue weighted by atomic mass is 10.1. The van der Waals surface area contributed by atoms with Gasteiger partial charge in [-0.2, -0.15) is 17.0 Å². The second kappa shape index (κ2) is 7.07. The van der Waals surface area contributed by atoms with E-state index in [2.05, 4.69) is 0 Å². The number of rotatable bonds is 4. The zero-order valence-corrected chi connectivity index (χ0v) is 13.5. The van der Waals surface area contributed by atoms with Crippen LogP contribution in [0.4, 0.5) is 0 Å². The van der Waals surface area contributed by atoms with Crippen LogP contribution in [0.3, 0.4) is 0 Å². The summed E-state index contributed by atoms with van der Waals surface area (Å²) in [7, 11) is -3.68. The van der Waals surface area contributed by atoms with E-state index in [9.17, 15) is 18.3 Å². The first kappa shape index (κ1) is 16.7. The van der Waals surface area contributed by atoms with Crippen LogP contribution in [0.1, 0.15) is 58.3 Å². The number of carboxylic acid groups (broad SMARTS) is 1. The Kier molecular flexibility index (Phi) is 5.62. The van der Waals surface area contributed by atoms with Gasteiger partial charge in [-0.1, -0.05) is 19.8 Å². The van der Waals surface area contributed by atoms with Gasteiger partial charge in [0, 0.05) is 19.1 Å². The normalized spacial score (nSPS) is 30.0. The summed E-state index contributed by atoms with van der Waals surface area (Å²) in [5.74, 6) is -1.03. The standard InChI is InChI=1S/C14H26N2O4S/c1-2-12-8-4-3-6-10-15(12)21(19,20)16-11-7-5-9-13(16)14(17)18/h12-13H,2-11H2,1H3,(H,17,18). The predicted molar refractivity (Wildman–Crippen MR) is 80.2 cm³/mol. The van der Waals surface area contributed by atoms with Crippen LogP contribution in [0.25, 0.3) is 0 Å². The SMILES string of the molecule is CCC1CCCCCN1S(=O)(=O)N1CCCCC1C(=O)O. The molecule has 0 aromatic heterocycles. The van der Waals surface area contributed by atoms with Gasteiger partial charge in [0.25, 0.3) is 10.2 Å². The molecule has 0 spiro atoms. The van der Waals surface area contributed by atoms with Gasteiger partial charge in [0.1, 0.15) is 6.04 Å². The Labute approximate surface area is 127 Å². The minimum Gasteiger partial charge on any atom is -0.480 e. The summed E-state index contributed by atoms with van der Waals surface area (Å²) >= 11 is 0. The van der Waals surface area contributed by atoms with Gasteiger partial charge in [0.2, 0.25) is 0 Å².